The van der Waals surface area contributed by atoms with Gasteiger partial charge in [-0.3, -0.25) is 19.3 Å². The average molecular weight is 748 g/mol. The van der Waals surface area contributed by atoms with Crippen molar-refractivity contribution in [3.05, 3.63) is 141 Å². The van der Waals surface area contributed by atoms with Crippen LogP contribution in [-0.4, -0.2) is 82.4 Å². The van der Waals surface area contributed by atoms with Crippen molar-refractivity contribution in [3.8, 4) is 28.8 Å². The van der Waals surface area contributed by atoms with Gasteiger partial charge in [-0.05, 0) is 123 Å². The number of aromatic hydroxyl groups is 1. The van der Waals surface area contributed by atoms with E-state index in [0.29, 0.717) is 49.4 Å². The van der Waals surface area contributed by atoms with E-state index >= 15 is 0 Å². The van der Waals surface area contributed by atoms with E-state index < -0.39 is 0 Å². The Labute approximate surface area is 329 Å². The number of anilines is 1. The van der Waals surface area contributed by atoms with Crippen LogP contribution in [0.1, 0.15) is 66.7 Å². The van der Waals surface area contributed by atoms with E-state index in [9.17, 15) is 19.5 Å². The Morgan fingerprint density at radius 1 is 0.839 bits per heavy atom. The third kappa shape index (κ3) is 7.84. The lowest BCUT2D eigenvalue weighted by atomic mass is 9.89. The molecule has 1 atom stereocenters. The Bertz CT molecular complexity index is 2360. The average Bonchev–Trinajstić information content (AvgIpc) is 3.49. The van der Waals surface area contributed by atoms with Gasteiger partial charge in [-0.2, -0.15) is 0 Å². The molecule has 0 saturated heterocycles. The topological polar surface area (TPSA) is 89.3 Å². The van der Waals surface area contributed by atoms with Gasteiger partial charge < -0.3 is 24.4 Å². The summed E-state index contributed by atoms with van der Waals surface area (Å²) >= 11 is 0. The minimum atomic E-state index is -0.191. The molecule has 2 aliphatic rings. The van der Waals surface area contributed by atoms with E-state index in [4.69, 9.17) is 0 Å². The van der Waals surface area contributed by atoms with Gasteiger partial charge in [-0.1, -0.05) is 48.2 Å². The van der Waals surface area contributed by atoms with Crippen LogP contribution in [0.4, 0.5) is 5.69 Å². The number of phenols is 1. The van der Waals surface area contributed by atoms with E-state index in [0.717, 1.165) is 51.2 Å². The van der Waals surface area contributed by atoms with Gasteiger partial charge in [-0.15, -0.1) is 0 Å². The van der Waals surface area contributed by atoms with Crippen molar-refractivity contribution in [2.45, 2.75) is 52.2 Å². The van der Waals surface area contributed by atoms with Crippen LogP contribution >= 0.6 is 0 Å². The van der Waals surface area contributed by atoms with Crippen LogP contribution in [0.5, 0.6) is 5.75 Å². The number of rotatable bonds is 7. The van der Waals surface area contributed by atoms with E-state index in [1.807, 2.05) is 95.9 Å². The summed E-state index contributed by atoms with van der Waals surface area (Å²) in [6, 6.07) is 28.7. The molecule has 56 heavy (non-hydrogen) atoms. The Morgan fingerprint density at radius 3 is 2.27 bits per heavy atom. The summed E-state index contributed by atoms with van der Waals surface area (Å²) in [4.78, 5) is 50.0. The fourth-order valence-corrected chi connectivity index (χ4v) is 7.76. The van der Waals surface area contributed by atoms with Crippen LogP contribution < -0.4 is 4.90 Å². The second kappa shape index (κ2) is 15.9. The van der Waals surface area contributed by atoms with E-state index in [2.05, 4.69) is 37.0 Å². The van der Waals surface area contributed by atoms with Crippen LogP contribution in [0, 0.1) is 18.8 Å². The molecule has 0 bridgehead atoms. The summed E-state index contributed by atoms with van der Waals surface area (Å²) < 4.78 is 1.99. The Balaban J connectivity index is 1.21. The molecule has 1 N–H and O–H groups in total. The molecule has 4 aromatic carbocycles. The third-order valence-electron chi connectivity index (χ3n) is 11.2. The zero-order valence-electron chi connectivity index (χ0n) is 33.1. The molecule has 0 spiro atoms. The molecule has 286 valence electrons. The summed E-state index contributed by atoms with van der Waals surface area (Å²) in [6.45, 7) is 6.18. The first-order valence-electron chi connectivity index (χ1n) is 19.2. The first-order valence-corrected chi connectivity index (χ1v) is 19.2. The number of amides is 3. The summed E-state index contributed by atoms with van der Waals surface area (Å²) in [5.41, 5.74) is 10.4. The molecule has 9 nitrogen and oxygen atoms in total. The molecule has 9 heteroatoms. The van der Waals surface area contributed by atoms with Crippen LogP contribution in [-0.2, 0) is 44.2 Å². The zero-order chi connectivity index (χ0) is 39.7. The quantitative estimate of drug-likeness (QED) is 0.190. The summed E-state index contributed by atoms with van der Waals surface area (Å²) in [5, 5.41) is 9.80. The maximum atomic E-state index is 14.9. The van der Waals surface area contributed by atoms with Crippen LogP contribution in [0.2, 0.25) is 0 Å². The fourth-order valence-electron chi connectivity index (χ4n) is 7.76. The monoisotopic (exact) mass is 747 g/mol. The second-order valence-electron chi connectivity index (χ2n) is 15.4. The minimum absolute atomic E-state index is 0.0176. The fraction of sp³-hybridized carbons (Fsp3) is 0.298. The number of hydrogen-bond donors (Lipinski definition) is 1. The highest BCUT2D eigenvalue weighted by atomic mass is 16.3. The van der Waals surface area contributed by atoms with Gasteiger partial charge in [0.25, 0.3) is 11.8 Å². The molecular weight excluding hydrogens is 699 g/mol. The zero-order valence-corrected chi connectivity index (χ0v) is 33.1. The molecule has 0 saturated carbocycles. The van der Waals surface area contributed by atoms with E-state index in [-0.39, 0.29) is 35.9 Å². The molecule has 0 radical (unpaired) electrons. The van der Waals surface area contributed by atoms with Crippen molar-refractivity contribution in [1.82, 2.24) is 19.3 Å². The largest absolute Gasteiger partial charge is 0.508 e. The first kappa shape index (κ1) is 38.2. The molecule has 0 unspecified atom stereocenters. The lowest BCUT2D eigenvalue weighted by Crippen LogP contribution is -2.43. The Morgan fingerprint density at radius 2 is 1.55 bits per heavy atom. The van der Waals surface area contributed by atoms with Gasteiger partial charge in [0.2, 0.25) is 5.91 Å². The number of aromatic nitrogens is 1. The van der Waals surface area contributed by atoms with Gasteiger partial charge >= 0.3 is 0 Å². The molecular formula is C47H49N5O4. The molecule has 2 aliphatic heterocycles. The van der Waals surface area contributed by atoms with Crippen molar-refractivity contribution in [2.24, 2.45) is 7.05 Å². The standard InChI is InChI=1S/C47H49N5O4/c1-31-24-35-11-7-8-12-37(35)30-52(31)47(56)43-27-38-29-51(45(54)25-34-15-13-33(14-16-34)10-9-22-48(3)4)23-21-36(38)26-42(43)44-28-41(32(2)49(44)5)46(55)50(6)39-17-19-40(53)20-18-39/h7-8,11-20,26-28,31,53H,21-25,29-30H2,1-6H3/t31-/m1/s1. The molecule has 7 rings (SSSR count). The molecule has 3 amide bonds. The minimum Gasteiger partial charge on any atom is -0.508 e. The highest BCUT2D eigenvalue weighted by Gasteiger charge is 2.32. The van der Waals surface area contributed by atoms with Gasteiger partial charge in [0.15, 0.2) is 0 Å². The summed E-state index contributed by atoms with van der Waals surface area (Å²) in [5.74, 6) is 6.23. The number of carbonyl (C=O) groups excluding carboxylic acids is 3. The van der Waals surface area contributed by atoms with E-state index in [1.54, 1.807) is 36.2 Å². The number of hydrogen-bond acceptors (Lipinski definition) is 5. The predicted octanol–water partition coefficient (Wildman–Crippen LogP) is 6.61. The highest BCUT2D eigenvalue weighted by Crippen LogP contribution is 2.36. The number of phenolic OH excluding ortho intramolecular Hbond substituents is 1. The maximum Gasteiger partial charge on any atom is 0.259 e. The maximum absolute atomic E-state index is 14.9. The summed E-state index contributed by atoms with van der Waals surface area (Å²) in [7, 11) is 7.62. The van der Waals surface area contributed by atoms with E-state index in [1.165, 1.54) is 5.56 Å². The number of carbonyl (C=O) groups is 3. The molecule has 5 aromatic rings. The van der Waals surface area contributed by atoms with Gasteiger partial charge in [0, 0.05) is 73.5 Å². The first-order chi connectivity index (χ1) is 26.9. The number of fused-ring (bicyclic) bond motifs is 2. The molecule has 1 aromatic heterocycles. The number of benzene rings is 4. The predicted molar refractivity (Wildman–Crippen MR) is 221 cm³/mol. The summed E-state index contributed by atoms with van der Waals surface area (Å²) in [6.07, 6.45) is 1.70. The lowest BCUT2D eigenvalue weighted by molar-refractivity contribution is -0.131. The second-order valence-corrected chi connectivity index (χ2v) is 15.4. The van der Waals surface area contributed by atoms with Crippen molar-refractivity contribution < 1.29 is 19.5 Å². The lowest BCUT2D eigenvalue weighted by Gasteiger charge is -2.36. The normalized spacial score (nSPS) is 14.8. The molecule has 0 aliphatic carbocycles. The third-order valence-corrected chi connectivity index (χ3v) is 11.2. The highest BCUT2D eigenvalue weighted by molar-refractivity contribution is 6.08. The van der Waals surface area contributed by atoms with Crippen LogP contribution in [0.3, 0.4) is 0 Å². The van der Waals surface area contributed by atoms with Gasteiger partial charge in [0.1, 0.15) is 5.75 Å². The van der Waals surface area contributed by atoms with Crippen molar-refractivity contribution >= 4 is 23.4 Å². The molecule has 0 fully saturated rings. The number of nitrogens with zero attached hydrogens (tertiary/aromatic N) is 5. The van der Waals surface area contributed by atoms with Crippen molar-refractivity contribution in [3.63, 3.8) is 0 Å². The van der Waals surface area contributed by atoms with Crippen molar-refractivity contribution in [2.75, 3.05) is 39.1 Å². The van der Waals surface area contributed by atoms with Crippen LogP contribution in [0.25, 0.3) is 11.3 Å². The van der Waals surface area contributed by atoms with Gasteiger partial charge in [-0.25, -0.2) is 0 Å². The van der Waals surface area contributed by atoms with Crippen LogP contribution in [0.15, 0.2) is 91.0 Å². The smallest absolute Gasteiger partial charge is 0.259 e. The Hall–Kier alpha value is -6.11. The van der Waals surface area contributed by atoms with Crippen molar-refractivity contribution in [1.29, 1.82) is 0 Å². The molecule has 3 heterocycles. The van der Waals surface area contributed by atoms with Gasteiger partial charge in [0.05, 0.1) is 18.5 Å². The Kier molecular flexibility index (Phi) is 10.9. The SMILES string of the molecule is Cc1c(C(=O)N(C)c2ccc(O)cc2)cc(-c2cc3c(cc2C(=O)N2Cc4ccccc4C[C@H]2C)CN(C(=O)Cc2ccc(C#CCN(C)C)cc2)CC3)n1C.